The SMILES string of the molecule is C=CCN(Cc1nc(-c2ccc(OC)c(OC)c2)no1)S(=O)(=O)c1ccc([N+](=O)[O-])cc1. The Hall–Kier alpha value is -3.77. The lowest BCUT2D eigenvalue weighted by molar-refractivity contribution is -0.384. The number of sulfonamides is 1. The average Bonchev–Trinajstić information content (AvgIpc) is 3.27. The summed E-state index contributed by atoms with van der Waals surface area (Å²) >= 11 is 0. The zero-order chi connectivity index (χ0) is 23.3. The summed E-state index contributed by atoms with van der Waals surface area (Å²) < 4.78 is 42.8. The van der Waals surface area contributed by atoms with Gasteiger partial charge in [0, 0.05) is 24.2 Å². The van der Waals surface area contributed by atoms with Gasteiger partial charge in [0.2, 0.25) is 21.7 Å². The van der Waals surface area contributed by atoms with Gasteiger partial charge in [-0.05, 0) is 30.3 Å². The predicted octanol–water partition coefficient (Wildman–Crippen LogP) is 3.04. The molecule has 1 heterocycles. The van der Waals surface area contributed by atoms with Gasteiger partial charge < -0.3 is 14.0 Å². The van der Waals surface area contributed by atoms with E-state index in [4.69, 9.17) is 14.0 Å². The molecular weight excluding hydrogens is 440 g/mol. The number of rotatable bonds is 10. The molecule has 3 rings (SSSR count). The number of nitrogens with zero attached hydrogens (tertiary/aromatic N) is 4. The minimum atomic E-state index is -4.00. The van der Waals surface area contributed by atoms with Crippen molar-refractivity contribution < 1.29 is 27.3 Å². The van der Waals surface area contributed by atoms with Crippen LogP contribution in [0.4, 0.5) is 5.69 Å². The maximum absolute atomic E-state index is 13.0. The topological polar surface area (TPSA) is 138 Å². The molecule has 0 saturated heterocycles. The van der Waals surface area contributed by atoms with E-state index in [1.165, 1.54) is 32.4 Å². The Balaban J connectivity index is 1.86. The minimum absolute atomic E-state index is 0.0343. The van der Waals surface area contributed by atoms with Crippen molar-refractivity contribution in [2.24, 2.45) is 0 Å². The number of aromatic nitrogens is 2. The number of methoxy groups -OCH3 is 2. The molecule has 11 nitrogen and oxygen atoms in total. The summed E-state index contributed by atoms with van der Waals surface area (Å²) in [4.78, 5) is 14.4. The first-order chi connectivity index (χ1) is 15.3. The lowest BCUT2D eigenvalue weighted by atomic mass is 10.2. The lowest BCUT2D eigenvalue weighted by Crippen LogP contribution is -2.31. The molecule has 12 heteroatoms. The summed E-state index contributed by atoms with van der Waals surface area (Å²) in [5.74, 6) is 1.31. The molecule has 0 N–H and O–H groups in total. The van der Waals surface area contributed by atoms with Crippen molar-refractivity contribution in [3.63, 3.8) is 0 Å². The smallest absolute Gasteiger partial charge is 0.269 e. The first-order valence-electron chi connectivity index (χ1n) is 9.20. The number of non-ortho nitro benzene ring substituents is 1. The molecule has 1 aromatic heterocycles. The molecule has 0 amide bonds. The highest BCUT2D eigenvalue weighted by atomic mass is 32.2. The van der Waals surface area contributed by atoms with Crippen molar-refractivity contribution in [1.82, 2.24) is 14.4 Å². The van der Waals surface area contributed by atoms with Crippen LogP contribution in [-0.2, 0) is 16.6 Å². The van der Waals surface area contributed by atoms with Gasteiger partial charge in [0.25, 0.3) is 5.69 Å². The Morgan fingerprint density at radius 2 is 1.84 bits per heavy atom. The Labute approximate surface area is 184 Å². The fourth-order valence-corrected chi connectivity index (χ4v) is 4.20. The second kappa shape index (κ2) is 9.58. The van der Waals surface area contributed by atoms with E-state index < -0.39 is 14.9 Å². The maximum atomic E-state index is 13.0. The molecule has 0 atom stereocenters. The van der Waals surface area contributed by atoms with E-state index in [0.717, 1.165) is 16.4 Å². The third-order valence-electron chi connectivity index (χ3n) is 4.44. The summed E-state index contributed by atoms with van der Waals surface area (Å²) in [5.41, 5.74) is 0.377. The molecule has 0 spiro atoms. The lowest BCUT2D eigenvalue weighted by Gasteiger charge is -2.18. The van der Waals surface area contributed by atoms with Crippen LogP contribution in [0, 0.1) is 10.1 Å². The molecule has 3 aromatic rings. The van der Waals surface area contributed by atoms with Crippen LogP contribution in [0.3, 0.4) is 0 Å². The average molecular weight is 460 g/mol. The summed E-state index contributed by atoms with van der Waals surface area (Å²) in [6, 6.07) is 9.67. The van der Waals surface area contributed by atoms with Crippen molar-refractivity contribution >= 4 is 15.7 Å². The molecule has 0 unspecified atom stereocenters. The van der Waals surface area contributed by atoms with Gasteiger partial charge in [-0.15, -0.1) is 6.58 Å². The van der Waals surface area contributed by atoms with Crippen LogP contribution in [0.5, 0.6) is 11.5 Å². The number of ether oxygens (including phenoxy) is 2. The first-order valence-corrected chi connectivity index (χ1v) is 10.6. The fourth-order valence-electron chi connectivity index (χ4n) is 2.84. The number of hydrogen-bond acceptors (Lipinski definition) is 9. The molecule has 0 bridgehead atoms. The standard InChI is InChI=1S/C20H20N4O7S/c1-4-11-23(32(27,28)16-8-6-15(7-9-16)24(25)26)13-19-21-20(22-31-19)14-5-10-17(29-2)18(12-14)30-3/h4-10,12H,1,11,13H2,2-3H3. The summed E-state index contributed by atoms with van der Waals surface area (Å²) in [6.45, 7) is 3.34. The van der Waals surface area contributed by atoms with E-state index in [2.05, 4.69) is 16.7 Å². The normalized spacial score (nSPS) is 11.3. The third-order valence-corrected chi connectivity index (χ3v) is 6.27. The van der Waals surface area contributed by atoms with E-state index in [0.29, 0.717) is 17.1 Å². The maximum Gasteiger partial charge on any atom is 0.269 e. The number of nitro groups is 1. The molecule has 0 fully saturated rings. The highest BCUT2D eigenvalue weighted by Gasteiger charge is 2.26. The molecule has 0 saturated carbocycles. The predicted molar refractivity (Wildman–Crippen MR) is 114 cm³/mol. The molecule has 0 aliphatic rings. The highest BCUT2D eigenvalue weighted by molar-refractivity contribution is 7.89. The molecule has 168 valence electrons. The van der Waals surface area contributed by atoms with E-state index in [1.54, 1.807) is 18.2 Å². The summed E-state index contributed by atoms with van der Waals surface area (Å²) in [5, 5.41) is 14.7. The number of hydrogen-bond donors (Lipinski definition) is 0. The van der Waals surface area contributed by atoms with Crippen LogP contribution in [-0.4, -0.2) is 48.6 Å². The molecule has 32 heavy (non-hydrogen) atoms. The van der Waals surface area contributed by atoms with Crippen molar-refractivity contribution in [3.8, 4) is 22.9 Å². The van der Waals surface area contributed by atoms with Crippen molar-refractivity contribution in [2.75, 3.05) is 20.8 Å². The van der Waals surface area contributed by atoms with Crippen molar-refractivity contribution in [1.29, 1.82) is 0 Å². The second-order valence-corrected chi connectivity index (χ2v) is 8.36. The van der Waals surface area contributed by atoms with Crippen molar-refractivity contribution in [2.45, 2.75) is 11.4 Å². The van der Waals surface area contributed by atoms with Gasteiger partial charge >= 0.3 is 0 Å². The van der Waals surface area contributed by atoms with E-state index in [1.807, 2.05) is 0 Å². The largest absolute Gasteiger partial charge is 0.493 e. The molecule has 0 aliphatic heterocycles. The third kappa shape index (κ3) is 4.76. The van der Waals surface area contributed by atoms with E-state index in [-0.39, 0.29) is 35.4 Å². The Kier molecular flexibility index (Phi) is 6.85. The van der Waals surface area contributed by atoms with E-state index in [9.17, 15) is 18.5 Å². The molecular formula is C20H20N4O7S. The van der Waals surface area contributed by atoms with Gasteiger partial charge in [-0.2, -0.15) is 9.29 Å². The van der Waals surface area contributed by atoms with E-state index >= 15 is 0 Å². The van der Waals surface area contributed by atoms with Crippen LogP contribution < -0.4 is 9.47 Å². The van der Waals surface area contributed by atoms with Gasteiger partial charge in [0.15, 0.2) is 11.5 Å². The fraction of sp³-hybridized carbons (Fsp3) is 0.200. The van der Waals surface area contributed by atoms with Gasteiger partial charge in [0.05, 0.1) is 30.6 Å². The molecule has 2 aromatic carbocycles. The minimum Gasteiger partial charge on any atom is -0.493 e. The monoisotopic (exact) mass is 460 g/mol. The van der Waals surface area contributed by atoms with Gasteiger partial charge in [-0.25, -0.2) is 8.42 Å². The Morgan fingerprint density at radius 1 is 1.16 bits per heavy atom. The zero-order valence-electron chi connectivity index (χ0n) is 17.3. The quantitative estimate of drug-likeness (QED) is 0.254. The van der Waals surface area contributed by atoms with Crippen molar-refractivity contribution in [3.05, 3.63) is 71.1 Å². The summed E-state index contributed by atoms with van der Waals surface area (Å²) in [7, 11) is -0.987. The first kappa shape index (κ1) is 22.9. The van der Waals surface area contributed by atoms with Crippen LogP contribution in [0.15, 0.2) is 64.5 Å². The molecule has 0 radical (unpaired) electrons. The second-order valence-electron chi connectivity index (χ2n) is 6.42. The summed E-state index contributed by atoms with van der Waals surface area (Å²) in [6.07, 6.45) is 1.41. The van der Waals surface area contributed by atoms with Crippen LogP contribution in [0.1, 0.15) is 5.89 Å². The molecule has 0 aliphatic carbocycles. The number of nitro benzene ring substituents is 1. The Morgan fingerprint density at radius 3 is 2.44 bits per heavy atom. The van der Waals surface area contributed by atoms with Crippen LogP contribution >= 0.6 is 0 Å². The van der Waals surface area contributed by atoms with Gasteiger partial charge in [-0.3, -0.25) is 10.1 Å². The van der Waals surface area contributed by atoms with Gasteiger partial charge in [-0.1, -0.05) is 11.2 Å². The zero-order valence-corrected chi connectivity index (χ0v) is 18.1. The van der Waals surface area contributed by atoms with Crippen LogP contribution in [0.2, 0.25) is 0 Å². The number of benzene rings is 2. The van der Waals surface area contributed by atoms with Gasteiger partial charge in [0.1, 0.15) is 0 Å². The Bertz CT molecular complexity index is 1220. The highest BCUT2D eigenvalue weighted by Crippen LogP contribution is 2.31. The van der Waals surface area contributed by atoms with Crippen LogP contribution in [0.25, 0.3) is 11.4 Å².